The topological polar surface area (TPSA) is 84.5 Å². The number of carbonyl (C=O) groups is 1. The Morgan fingerprint density at radius 1 is 0.969 bits per heavy atom. The number of rotatable bonds is 9. The van der Waals surface area contributed by atoms with Gasteiger partial charge in [0, 0.05) is 24.2 Å². The lowest BCUT2D eigenvalue weighted by atomic mass is 10.1. The van der Waals surface area contributed by atoms with E-state index in [0.717, 1.165) is 18.4 Å². The smallest absolute Gasteiger partial charge is 0.240 e. The minimum atomic E-state index is -3.47. The summed E-state index contributed by atoms with van der Waals surface area (Å²) in [6.07, 6.45) is 2.52. The van der Waals surface area contributed by atoms with Crippen LogP contribution in [0, 0.1) is 5.82 Å². The maximum Gasteiger partial charge on any atom is 0.240 e. The molecule has 2 N–H and O–H groups in total. The molecular weight excluding hydrogens is 431 g/mol. The maximum absolute atomic E-state index is 13.2. The number of amides is 1. The number of nitrogens with one attached hydrogen (secondary N) is 2. The largest absolute Gasteiger partial charge is 0.457 e. The Labute approximate surface area is 186 Å². The summed E-state index contributed by atoms with van der Waals surface area (Å²) >= 11 is 0. The lowest BCUT2D eigenvalue weighted by Crippen LogP contribution is -2.25. The van der Waals surface area contributed by atoms with E-state index in [1.807, 2.05) is 0 Å². The van der Waals surface area contributed by atoms with Gasteiger partial charge in [-0.15, -0.1) is 0 Å². The quantitative estimate of drug-likeness (QED) is 0.494. The van der Waals surface area contributed by atoms with Gasteiger partial charge in [0.25, 0.3) is 0 Å². The van der Waals surface area contributed by atoms with Gasteiger partial charge < -0.3 is 10.1 Å². The molecule has 8 heteroatoms. The first-order valence-electron chi connectivity index (χ1n) is 10.3. The molecule has 3 aromatic carbocycles. The maximum atomic E-state index is 13.2. The predicted molar refractivity (Wildman–Crippen MR) is 120 cm³/mol. The van der Waals surface area contributed by atoms with E-state index in [1.54, 1.807) is 60.7 Å². The second-order valence-electron chi connectivity index (χ2n) is 7.67. The molecule has 32 heavy (non-hydrogen) atoms. The number of benzene rings is 3. The molecule has 0 spiro atoms. The Morgan fingerprint density at radius 3 is 2.34 bits per heavy atom. The third-order valence-electron chi connectivity index (χ3n) is 4.94. The zero-order valence-corrected chi connectivity index (χ0v) is 18.1. The first-order chi connectivity index (χ1) is 15.4. The highest BCUT2D eigenvalue weighted by Crippen LogP contribution is 2.24. The summed E-state index contributed by atoms with van der Waals surface area (Å²) in [7, 11) is -3.47. The van der Waals surface area contributed by atoms with E-state index >= 15 is 0 Å². The second kappa shape index (κ2) is 9.50. The van der Waals surface area contributed by atoms with E-state index in [0.29, 0.717) is 23.6 Å². The number of halogens is 1. The number of hydrogen-bond donors (Lipinski definition) is 2. The average Bonchev–Trinajstić information content (AvgIpc) is 3.57. The fourth-order valence-electron chi connectivity index (χ4n) is 3.08. The molecule has 0 radical (unpaired) electrons. The average molecular weight is 455 g/mol. The summed E-state index contributed by atoms with van der Waals surface area (Å²) in [5.41, 5.74) is 1.50. The molecule has 0 saturated heterocycles. The van der Waals surface area contributed by atoms with E-state index in [9.17, 15) is 17.6 Å². The molecule has 3 aromatic rings. The molecule has 0 heterocycles. The minimum absolute atomic E-state index is 0.0605. The van der Waals surface area contributed by atoms with Crippen molar-refractivity contribution in [3.05, 3.63) is 84.2 Å². The molecule has 1 fully saturated rings. The van der Waals surface area contributed by atoms with Crippen LogP contribution < -0.4 is 14.8 Å². The van der Waals surface area contributed by atoms with E-state index in [2.05, 4.69) is 10.0 Å². The van der Waals surface area contributed by atoms with Gasteiger partial charge in [-0.05, 0) is 73.4 Å². The molecule has 1 saturated carbocycles. The van der Waals surface area contributed by atoms with Crippen molar-refractivity contribution >= 4 is 21.6 Å². The molecule has 1 aliphatic carbocycles. The third kappa shape index (κ3) is 6.15. The predicted octanol–water partition coefficient (Wildman–Crippen LogP) is 4.63. The molecule has 4 rings (SSSR count). The molecule has 0 unspecified atom stereocenters. The van der Waals surface area contributed by atoms with E-state index < -0.39 is 10.0 Å². The Balaban J connectivity index is 1.26. The van der Waals surface area contributed by atoms with Crippen LogP contribution in [0.2, 0.25) is 0 Å². The van der Waals surface area contributed by atoms with E-state index in [1.165, 1.54) is 12.1 Å². The zero-order valence-electron chi connectivity index (χ0n) is 17.3. The van der Waals surface area contributed by atoms with Gasteiger partial charge in [-0.3, -0.25) is 4.79 Å². The molecule has 0 aliphatic heterocycles. The molecule has 166 valence electrons. The molecule has 0 bridgehead atoms. The van der Waals surface area contributed by atoms with Crippen LogP contribution in [0.3, 0.4) is 0 Å². The molecule has 0 atom stereocenters. The number of sulfonamides is 1. The van der Waals surface area contributed by atoms with Crippen molar-refractivity contribution in [2.45, 2.75) is 36.6 Å². The number of aryl methyl sites for hydroxylation is 1. The van der Waals surface area contributed by atoms with Gasteiger partial charge in [-0.2, -0.15) is 0 Å². The monoisotopic (exact) mass is 454 g/mol. The van der Waals surface area contributed by atoms with Crippen molar-refractivity contribution in [2.75, 3.05) is 5.32 Å². The van der Waals surface area contributed by atoms with Crippen molar-refractivity contribution in [1.29, 1.82) is 0 Å². The molecule has 1 aliphatic rings. The van der Waals surface area contributed by atoms with Gasteiger partial charge >= 0.3 is 0 Å². The van der Waals surface area contributed by atoms with Crippen molar-refractivity contribution in [3.8, 4) is 11.5 Å². The summed E-state index contributed by atoms with van der Waals surface area (Å²) in [5.74, 6) is 0.386. The summed E-state index contributed by atoms with van der Waals surface area (Å²) in [5, 5.41) is 2.82. The fourth-order valence-corrected chi connectivity index (χ4v) is 4.38. The normalized spacial score (nSPS) is 13.5. The van der Waals surface area contributed by atoms with E-state index in [4.69, 9.17) is 4.74 Å². The van der Waals surface area contributed by atoms with Crippen LogP contribution in [-0.2, 0) is 21.2 Å². The first kappa shape index (κ1) is 22.0. The summed E-state index contributed by atoms with van der Waals surface area (Å²) in [6.45, 7) is 0. The Morgan fingerprint density at radius 2 is 1.69 bits per heavy atom. The lowest BCUT2D eigenvalue weighted by molar-refractivity contribution is -0.116. The molecule has 1 amide bonds. The van der Waals surface area contributed by atoms with Crippen LogP contribution >= 0.6 is 0 Å². The summed E-state index contributed by atoms with van der Waals surface area (Å²) < 4.78 is 45.9. The highest BCUT2D eigenvalue weighted by Gasteiger charge is 2.27. The second-order valence-corrected chi connectivity index (χ2v) is 9.39. The van der Waals surface area contributed by atoms with E-state index in [-0.39, 0.29) is 29.1 Å². The minimum Gasteiger partial charge on any atom is -0.457 e. The summed E-state index contributed by atoms with van der Waals surface area (Å²) in [6, 6.07) is 19.3. The lowest BCUT2D eigenvalue weighted by Gasteiger charge is -2.09. The van der Waals surface area contributed by atoms with Crippen LogP contribution in [0.1, 0.15) is 24.8 Å². The van der Waals surface area contributed by atoms with Crippen molar-refractivity contribution < 1.29 is 22.3 Å². The standard InChI is InChI=1S/C24H23FN2O4S/c25-18-2-1-3-22(16-18)31-21-11-9-19(10-12-21)26-24(28)15-6-17-4-13-23(14-5-17)32(29,30)27-20-7-8-20/h1-5,9-14,16,20,27H,6-8,15H2,(H,26,28). The Hall–Kier alpha value is -3.23. The van der Waals surface area contributed by atoms with Gasteiger partial charge in [-0.25, -0.2) is 17.5 Å². The van der Waals surface area contributed by atoms with Crippen molar-refractivity contribution in [2.24, 2.45) is 0 Å². The van der Waals surface area contributed by atoms with Crippen LogP contribution in [0.5, 0.6) is 11.5 Å². The third-order valence-corrected chi connectivity index (χ3v) is 6.48. The van der Waals surface area contributed by atoms with Crippen LogP contribution in [0.25, 0.3) is 0 Å². The number of carbonyl (C=O) groups excluding carboxylic acids is 1. The number of hydrogen-bond acceptors (Lipinski definition) is 4. The highest BCUT2D eigenvalue weighted by atomic mass is 32.2. The van der Waals surface area contributed by atoms with Gasteiger partial charge in [0.15, 0.2) is 0 Å². The summed E-state index contributed by atoms with van der Waals surface area (Å²) in [4.78, 5) is 12.5. The van der Waals surface area contributed by atoms with Crippen LogP contribution in [0.4, 0.5) is 10.1 Å². The number of anilines is 1. The first-order valence-corrected chi connectivity index (χ1v) is 11.8. The van der Waals surface area contributed by atoms with Gasteiger partial charge in [-0.1, -0.05) is 18.2 Å². The van der Waals surface area contributed by atoms with Crippen molar-refractivity contribution in [3.63, 3.8) is 0 Å². The molecule has 0 aromatic heterocycles. The molecular formula is C24H23FN2O4S. The van der Waals surface area contributed by atoms with Crippen LogP contribution in [-0.4, -0.2) is 20.4 Å². The Bertz CT molecular complexity index is 1190. The van der Waals surface area contributed by atoms with Gasteiger partial charge in [0.2, 0.25) is 15.9 Å². The van der Waals surface area contributed by atoms with Gasteiger partial charge in [0.1, 0.15) is 17.3 Å². The van der Waals surface area contributed by atoms with Gasteiger partial charge in [0.05, 0.1) is 4.90 Å². The molecule has 6 nitrogen and oxygen atoms in total. The van der Waals surface area contributed by atoms with Crippen molar-refractivity contribution in [1.82, 2.24) is 4.72 Å². The fraction of sp³-hybridized carbons (Fsp3) is 0.208. The van der Waals surface area contributed by atoms with Crippen LogP contribution in [0.15, 0.2) is 77.7 Å². The Kier molecular flexibility index (Phi) is 6.53. The zero-order chi connectivity index (χ0) is 22.6. The highest BCUT2D eigenvalue weighted by molar-refractivity contribution is 7.89. The SMILES string of the molecule is O=C(CCc1ccc(S(=O)(=O)NC2CC2)cc1)Nc1ccc(Oc2cccc(F)c2)cc1. The number of ether oxygens (including phenoxy) is 1.